The average Bonchev–Trinajstić information content (AvgIpc) is 2.76. The van der Waals surface area contributed by atoms with E-state index in [1.165, 1.54) is 17.0 Å². The van der Waals surface area contributed by atoms with Crippen LogP contribution in [0.25, 0.3) is 0 Å². The zero-order chi connectivity index (χ0) is 23.3. The van der Waals surface area contributed by atoms with Crippen molar-refractivity contribution in [1.82, 2.24) is 10.2 Å². The quantitative estimate of drug-likeness (QED) is 0.671. The summed E-state index contributed by atoms with van der Waals surface area (Å²) in [4.78, 5) is 39.6. The summed E-state index contributed by atoms with van der Waals surface area (Å²) < 4.78 is 18.3. The van der Waals surface area contributed by atoms with E-state index >= 15 is 0 Å². The first-order chi connectivity index (χ1) is 15.3. The molecule has 0 aliphatic carbocycles. The molecule has 0 bridgehead atoms. The number of aryl methyl sites for hydroxylation is 1. The van der Waals surface area contributed by atoms with Gasteiger partial charge >= 0.3 is 5.97 Å². The smallest absolute Gasteiger partial charge is 0.336 e. The molecular weight excluding hydrogens is 411 g/mol. The van der Waals surface area contributed by atoms with Gasteiger partial charge in [0.25, 0.3) is 0 Å². The summed E-state index contributed by atoms with van der Waals surface area (Å²) >= 11 is 0. The van der Waals surface area contributed by atoms with E-state index in [1.807, 2.05) is 31.2 Å². The van der Waals surface area contributed by atoms with E-state index in [4.69, 9.17) is 4.74 Å². The minimum absolute atomic E-state index is 0.0696. The lowest BCUT2D eigenvalue weighted by atomic mass is 9.83. The van der Waals surface area contributed by atoms with Gasteiger partial charge < -0.3 is 15.0 Å². The lowest BCUT2D eigenvalue weighted by molar-refractivity contribution is -0.141. The summed E-state index contributed by atoms with van der Waals surface area (Å²) in [5, 5.41) is 2.73. The lowest BCUT2D eigenvalue weighted by Crippen LogP contribution is -2.44. The summed E-state index contributed by atoms with van der Waals surface area (Å²) in [6, 6.07) is 13.5. The number of hydrogen-bond donors (Lipinski definition) is 1. The molecule has 0 aromatic heterocycles. The van der Waals surface area contributed by atoms with Crippen molar-refractivity contribution < 1.29 is 23.5 Å². The number of carbonyl (C=O) groups excluding carboxylic acids is 3. The van der Waals surface area contributed by atoms with Gasteiger partial charge in [-0.05, 0) is 44.0 Å². The molecule has 32 heavy (non-hydrogen) atoms. The van der Waals surface area contributed by atoms with E-state index in [9.17, 15) is 18.8 Å². The molecule has 168 valence electrons. The second kappa shape index (κ2) is 10.2. The second-order valence-corrected chi connectivity index (χ2v) is 7.77. The predicted molar refractivity (Wildman–Crippen MR) is 118 cm³/mol. The molecule has 0 saturated carbocycles. The first-order valence-electron chi connectivity index (χ1n) is 10.6. The number of hydrogen-bond acceptors (Lipinski definition) is 4. The van der Waals surface area contributed by atoms with Gasteiger partial charge in [0.1, 0.15) is 12.4 Å². The van der Waals surface area contributed by atoms with Gasteiger partial charge in [0.05, 0.1) is 12.2 Å². The van der Waals surface area contributed by atoms with Gasteiger partial charge in [-0.2, -0.15) is 0 Å². The zero-order valence-corrected chi connectivity index (χ0v) is 18.5. The van der Waals surface area contributed by atoms with Crippen LogP contribution in [0.3, 0.4) is 0 Å². The molecular formula is C25H27FN2O4. The molecule has 1 heterocycles. The molecule has 7 heteroatoms. The van der Waals surface area contributed by atoms with Crippen molar-refractivity contribution >= 4 is 17.8 Å². The fourth-order valence-corrected chi connectivity index (χ4v) is 3.85. The Morgan fingerprint density at radius 3 is 2.53 bits per heavy atom. The van der Waals surface area contributed by atoms with E-state index in [2.05, 4.69) is 5.32 Å². The van der Waals surface area contributed by atoms with Crippen LogP contribution >= 0.6 is 0 Å². The normalized spacial score (nSPS) is 16.2. The molecule has 2 aromatic carbocycles. The molecule has 0 saturated heterocycles. The monoisotopic (exact) mass is 438 g/mol. The highest BCUT2D eigenvalue weighted by Crippen LogP contribution is 2.37. The third-order valence-corrected chi connectivity index (χ3v) is 5.47. The van der Waals surface area contributed by atoms with Crippen LogP contribution in [0, 0.1) is 12.7 Å². The molecule has 1 atom stereocenters. The topological polar surface area (TPSA) is 75.7 Å². The van der Waals surface area contributed by atoms with Crippen LogP contribution in [0.15, 0.2) is 59.8 Å². The number of ether oxygens (including phenoxy) is 1. The molecule has 1 unspecified atom stereocenters. The number of allylic oxidation sites excluding steroid dienone is 1. The molecule has 6 nitrogen and oxygen atoms in total. The molecule has 0 spiro atoms. The minimum atomic E-state index is -0.485. The average molecular weight is 438 g/mol. The molecule has 3 rings (SSSR count). The van der Waals surface area contributed by atoms with E-state index in [-0.39, 0.29) is 43.7 Å². The number of rotatable bonds is 7. The van der Waals surface area contributed by atoms with Crippen molar-refractivity contribution in [2.75, 3.05) is 13.2 Å². The van der Waals surface area contributed by atoms with Crippen LogP contribution in [-0.2, 0) is 25.7 Å². The Morgan fingerprint density at radius 1 is 1.16 bits per heavy atom. The summed E-state index contributed by atoms with van der Waals surface area (Å²) in [5.41, 5.74) is 3.44. The zero-order valence-electron chi connectivity index (χ0n) is 18.5. The molecule has 0 radical (unpaired) electrons. The van der Waals surface area contributed by atoms with Gasteiger partial charge in [-0.25, -0.2) is 9.18 Å². The first kappa shape index (κ1) is 23.2. The standard InChI is InChI=1S/C25H27FN2O4/c1-4-32-25(31)24-17(3)28(15-22(29)27-14-18-8-10-20(26)11-9-18)23(30)13-21(24)19-7-5-6-16(2)12-19/h5-12,21H,4,13-15H2,1-3H3,(H,27,29). The van der Waals surface area contributed by atoms with E-state index in [0.29, 0.717) is 11.3 Å². The van der Waals surface area contributed by atoms with Gasteiger partial charge in [-0.3, -0.25) is 9.59 Å². The minimum Gasteiger partial charge on any atom is -0.463 e. The Morgan fingerprint density at radius 2 is 1.88 bits per heavy atom. The van der Waals surface area contributed by atoms with E-state index < -0.39 is 11.9 Å². The largest absolute Gasteiger partial charge is 0.463 e. The molecule has 2 amide bonds. The number of nitrogens with zero attached hydrogens (tertiary/aromatic N) is 1. The van der Waals surface area contributed by atoms with Crippen molar-refractivity contribution in [3.8, 4) is 0 Å². The van der Waals surface area contributed by atoms with Crippen molar-refractivity contribution in [1.29, 1.82) is 0 Å². The Balaban J connectivity index is 1.82. The Kier molecular flexibility index (Phi) is 7.41. The van der Waals surface area contributed by atoms with Crippen LogP contribution in [0.1, 0.15) is 42.9 Å². The maximum absolute atomic E-state index is 13.0. The second-order valence-electron chi connectivity index (χ2n) is 7.77. The Hall–Kier alpha value is -3.48. The SMILES string of the molecule is CCOC(=O)C1=C(C)N(CC(=O)NCc2ccc(F)cc2)C(=O)CC1c1cccc(C)c1. The number of carbonyl (C=O) groups is 3. The fourth-order valence-electron chi connectivity index (χ4n) is 3.85. The predicted octanol–water partition coefficient (Wildman–Crippen LogP) is 3.60. The fraction of sp³-hybridized carbons (Fsp3) is 0.320. The van der Waals surface area contributed by atoms with Crippen LogP contribution in [-0.4, -0.2) is 35.8 Å². The highest BCUT2D eigenvalue weighted by molar-refractivity contribution is 5.97. The number of nitrogens with one attached hydrogen (secondary N) is 1. The number of esters is 1. The van der Waals surface area contributed by atoms with E-state index in [0.717, 1.165) is 16.7 Å². The summed E-state index contributed by atoms with van der Waals surface area (Å²) in [5.74, 6) is -1.88. The molecule has 1 aliphatic heterocycles. The number of halogens is 1. The van der Waals surface area contributed by atoms with Crippen LogP contribution in [0.4, 0.5) is 4.39 Å². The van der Waals surface area contributed by atoms with Gasteiger partial charge in [-0.1, -0.05) is 42.0 Å². The molecule has 2 aromatic rings. The summed E-state index contributed by atoms with van der Waals surface area (Å²) in [7, 11) is 0. The van der Waals surface area contributed by atoms with Crippen LogP contribution in [0.2, 0.25) is 0 Å². The number of benzene rings is 2. The van der Waals surface area contributed by atoms with Crippen molar-refractivity contribution in [2.45, 2.75) is 39.7 Å². The van der Waals surface area contributed by atoms with Gasteiger partial charge in [0.2, 0.25) is 11.8 Å². The van der Waals surface area contributed by atoms with Gasteiger partial charge in [0.15, 0.2) is 0 Å². The molecule has 1 aliphatic rings. The van der Waals surface area contributed by atoms with Crippen molar-refractivity contribution in [3.05, 3.63) is 82.3 Å². The van der Waals surface area contributed by atoms with Gasteiger partial charge in [-0.15, -0.1) is 0 Å². The summed E-state index contributed by atoms with van der Waals surface area (Å²) in [6.45, 7) is 5.55. The van der Waals surface area contributed by atoms with Gasteiger partial charge in [0, 0.05) is 24.6 Å². The third-order valence-electron chi connectivity index (χ3n) is 5.47. The summed E-state index contributed by atoms with van der Waals surface area (Å²) in [6.07, 6.45) is 0.0696. The maximum atomic E-state index is 13.0. The maximum Gasteiger partial charge on any atom is 0.336 e. The Bertz CT molecular complexity index is 1050. The van der Waals surface area contributed by atoms with Crippen molar-refractivity contribution in [2.24, 2.45) is 0 Å². The molecule has 0 fully saturated rings. The highest BCUT2D eigenvalue weighted by Gasteiger charge is 2.37. The van der Waals surface area contributed by atoms with Crippen LogP contribution in [0.5, 0.6) is 0 Å². The molecule has 1 N–H and O–H groups in total. The van der Waals surface area contributed by atoms with Crippen molar-refractivity contribution in [3.63, 3.8) is 0 Å². The van der Waals surface area contributed by atoms with Crippen LogP contribution < -0.4 is 5.32 Å². The first-order valence-corrected chi connectivity index (χ1v) is 10.6. The van der Waals surface area contributed by atoms with E-state index in [1.54, 1.807) is 26.0 Å². The lowest BCUT2D eigenvalue weighted by Gasteiger charge is -2.34. The Labute approximate surface area is 187 Å². The third kappa shape index (κ3) is 5.41. The highest BCUT2D eigenvalue weighted by atomic mass is 19.1. The number of amides is 2.